The number of nitrogens with two attached hydrogens (primary N) is 1. The van der Waals surface area contributed by atoms with Gasteiger partial charge in [-0.25, -0.2) is 4.98 Å². The lowest BCUT2D eigenvalue weighted by atomic mass is 10.1. The first-order valence-electron chi connectivity index (χ1n) is 7.33. The SMILES string of the molecule is Cc1ccc2nc(C)n(-c3ccc(CC(N)=S)cc3)c(=O)c2c1. The lowest BCUT2D eigenvalue weighted by Gasteiger charge is -2.12. The number of hydrogen-bond donors (Lipinski definition) is 1. The summed E-state index contributed by atoms with van der Waals surface area (Å²) >= 11 is 4.92. The van der Waals surface area contributed by atoms with Crippen LogP contribution in [0.1, 0.15) is 17.0 Å². The Morgan fingerprint density at radius 3 is 2.52 bits per heavy atom. The molecule has 0 bridgehead atoms. The first kappa shape index (κ1) is 15.4. The smallest absolute Gasteiger partial charge is 0.265 e. The van der Waals surface area contributed by atoms with Crippen molar-refractivity contribution in [1.82, 2.24) is 9.55 Å². The van der Waals surface area contributed by atoms with Gasteiger partial charge in [0.1, 0.15) is 5.82 Å². The largest absolute Gasteiger partial charge is 0.393 e. The molecule has 0 saturated carbocycles. The minimum Gasteiger partial charge on any atom is -0.393 e. The van der Waals surface area contributed by atoms with E-state index in [4.69, 9.17) is 18.0 Å². The first-order chi connectivity index (χ1) is 11.0. The maximum Gasteiger partial charge on any atom is 0.265 e. The lowest BCUT2D eigenvalue weighted by Crippen LogP contribution is -2.22. The third-order valence-electron chi connectivity index (χ3n) is 3.76. The van der Waals surface area contributed by atoms with E-state index < -0.39 is 0 Å². The molecule has 0 aliphatic rings. The average Bonchev–Trinajstić information content (AvgIpc) is 2.49. The molecule has 0 spiro atoms. The molecule has 3 aromatic rings. The summed E-state index contributed by atoms with van der Waals surface area (Å²) < 4.78 is 1.63. The van der Waals surface area contributed by atoms with Gasteiger partial charge in [0.25, 0.3) is 5.56 Å². The van der Waals surface area contributed by atoms with Gasteiger partial charge in [0.2, 0.25) is 0 Å². The fourth-order valence-corrected chi connectivity index (χ4v) is 2.85. The quantitative estimate of drug-likeness (QED) is 0.753. The molecule has 5 heteroatoms. The van der Waals surface area contributed by atoms with Crippen LogP contribution in [0, 0.1) is 13.8 Å². The van der Waals surface area contributed by atoms with E-state index in [1.54, 1.807) is 4.57 Å². The number of fused-ring (bicyclic) bond motifs is 1. The highest BCUT2D eigenvalue weighted by Crippen LogP contribution is 2.15. The van der Waals surface area contributed by atoms with Crippen LogP contribution in [0.4, 0.5) is 0 Å². The summed E-state index contributed by atoms with van der Waals surface area (Å²) in [4.78, 5) is 17.8. The molecule has 0 fully saturated rings. The summed E-state index contributed by atoms with van der Waals surface area (Å²) in [5, 5.41) is 0.628. The Kier molecular flexibility index (Phi) is 3.96. The number of nitrogens with zero attached hydrogens (tertiary/aromatic N) is 2. The van der Waals surface area contributed by atoms with Crippen LogP contribution >= 0.6 is 12.2 Å². The van der Waals surface area contributed by atoms with Crippen LogP contribution in [-0.4, -0.2) is 14.5 Å². The van der Waals surface area contributed by atoms with Crippen molar-refractivity contribution < 1.29 is 0 Å². The Morgan fingerprint density at radius 1 is 1.17 bits per heavy atom. The molecule has 2 N–H and O–H groups in total. The second-order valence-electron chi connectivity index (χ2n) is 5.63. The summed E-state index contributed by atoms with van der Waals surface area (Å²) in [6.07, 6.45) is 0.554. The second-order valence-corrected chi connectivity index (χ2v) is 6.15. The molecular formula is C18H17N3OS. The van der Waals surface area contributed by atoms with Crippen LogP contribution in [0.5, 0.6) is 0 Å². The molecule has 1 aromatic heterocycles. The predicted molar refractivity (Wildman–Crippen MR) is 97.3 cm³/mol. The zero-order chi connectivity index (χ0) is 16.6. The normalized spacial score (nSPS) is 10.9. The molecule has 0 atom stereocenters. The van der Waals surface area contributed by atoms with Crippen molar-refractivity contribution in [1.29, 1.82) is 0 Å². The van der Waals surface area contributed by atoms with E-state index in [9.17, 15) is 4.79 Å². The molecule has 0 unspecified atom stereocenters. The van der Waals surface area contributed by atoms with E-state index in [1.807, 2.05) is 56.3 Å². The van der Waals surface area contributed by atoms with Gasteiger partial charge in [-0.3, -0.25) is 9.36 Å². The Labute approximate surface area is 139 Å². The van der Waals surface area contributed by atoms with Crippen LogP contribution < -0.4 is 11.3 Å². The van der Waals surface area contributed by atoms with Crippen molar-refractivity contribution >= 4 is 28.1 Å². The van der Waals surface area contributed by atoms with E-state index in [-0.39, 0.29) is 5.56 Å². The Balaban J connectivity index is 2.16. The minimum atomic E-state index is -0.0571. The van der Waals surface area contributed by atoms with Crippen LogP contribution in [0.25, 0.3) is 16.6 Å². The van der Waals surface area contributed by atoms with Crippen LogP contribution in [0.15, 0.2) is 47.3 Å². The Hall–Kier alpha value is -2.53. The van der Waals surface area contributed by atoms with Gasteiger partial charge in [-0.15, -0.1) is 0 Å². The molecule has 0 aliphatic carbocycles. The van der Waals surface area contributed by atoms with Crippen molar-refractivity contribution in [3.8, 4) is 5.69 Å². The van der Waals surface area contributed by atoms with Crippen molar-refractivity contribution in [2.75, 3.05) is 0 Å². The van der Waals surface area contributed by atoms with Gasteiger partial charge in [0.15, 0.2) is 0 Å². The van der Waals surface area contributed by atoms with Crippen molar-refractivity contribution in [3.63, 3.8) is 0 Å². The predicted octanol–water partition coefficient (Wildman–Crippen LogP) is 2.83. The highest BCUT2D eigenvalue weighted by molar-refractivity contribution is 7.80. The molecule has 3 rings (SSSR count). The average molecular weight is 323 g/mol. The number of thiocarbonyl (C=S) groups is 1. The zero-order valence-electron chi connectivity index (χ0n) is 13.0. The fourth-order valence-electron chi connectivity index (χ4n) is 2.68. The summed E-state index contributed by atoms with van der Waals surface area (Å²) in [6, 6.07) is 13.4. The van der Waals surface area contributed by atoms with Gasteiger partial charge in [0.05, 0.1) is 21.6 Å². The molecule has 23 heavy (non-hydrogen) atoms. The third-order valence-corrected chi connectivity index (χ3v) is 3.91. The summed E-state index contributed by atoms with van der Waals surface area (Å²) in [7, 11) is 0. The van der Waals surface area contributed by atoms with E-state index in [2.05, 4.69) is 4.98 Å². The maximum absolute atomic E-state index is 12.8. The topological polar surface area (TPSA) is 60.9 Å². The van der Waals surface area contributed by atoms with Gasteiger partial charge < -0.3 is 5.73 Å². The third kappa shape index (κ3) is 3.00. The van der Waals surface area contributed by atoms with E-state index in [0.717, 1.165) is 22.3 Å². The highest BCUT2D eigenvalue weighted by Gasteiger charge is 2.10. The molecule has 0 aliphatic heterocycles. The van der Waals surface area contributed by atoms with Gasteiger partial charge in [-0.1, -0.05) is 36.0 Å². The fraction of sp³-hybridized carbons (Fsp3) is 0.167. The Morgan fingerprint density at radius 2 is 1.87 bits per heavy atom. The van der Waals surface area contributed by atoms with Gasteiger partial charge in [-0.05, 0) is 43.7 Å². The van der Waals surface area contributed by atoms with Gasteiger partial charge >= 0.3 is 0 Å². The molecule has 0 amide bonds. The monoisotopic (exact) mass is 323 g/mol. The Bertz CT molecular complexity index is 958. The highest BCUT2D eigenvalue weighted by atomic mass is 32.1. The lowest BCUT2D eigenvalue weighted by molar-refractivity contribution is 0.894. The zero-order valence-corrected chi connectivity index (χ0v) is 13.9. The van der Waals surface area contributed by atoms with Crippen molar-refractivity contribution in [3.05, 3.63) is 69.8 Å². The van der Waals surface area contributed by atoms with E-state index in [1.165, 1.54) is 0 Å². The molecule has 4 nitrogen and oxygen atoms in total. The number of rotatable bonds is 3. The van der Waals surface area contributed by atoms with Crippen LogP contribution in [0.3, 0.4) is 0 Å². The molecular weight excluding hydrogens is 306 g/mol. The second kappa shape index (κ2) is 5.93. The number of hydrogen-bond acceptors (Lipinski definition) is 3. The first-order valence-corrected chi connectivity index (χ1v) is 7.74. The van der Waals surface area contributed by atoms with Gasteiger partial charge in [-0.2, -0.15) is 0 Å². The molecule has 0 saturated heterocycles. The summed E-state index contributed by atoms with van der Waals surface area (Å²) in [5.74, 6) is 0.661. The van der Waals surface area contributed by atoms with E-state index in [0.29, 0.717) is 22.6 Å². The van der Waals surface area contributed by atoms with Gasteiger partial charge in [0, 0.05) is 6.42 Å². The summed E-state index contributed by atoms with van der Waals surface area (Å²) in [6.45, 7) is 3.80. The maximum atomic E-state index is 12.8. The number of aromatic nitrogens is 2. The van der Waals surface area contributed by atoms with Crippen LogP contribution in [0.2, 0.25) is 0 Å². The molecule has 2 aromatic carbocycles. The number of benzene rings is 2. The van der Waals surface area contributed by atoms with Crippen LogP contribution in [-0.2, 0) is 6.42 Å². The van der Waals surface area contributed by atoms with Crippen molar-refractivity contribution in [2.24, 2.45) is 5.73 Å². The molecule has 0 radical (unpaired) electrons. The molecule has 1 heterocycles. The number of aryl methyl sites for hydroxylation is 2. The standard InChI is InChI=1S/C18H17N3OS/c1-11-3-8-16-15(9-11)18(22)21(12(2)20-16)14-6-4-13(5-7-14)10-17(19)23/h3-9H,10H2,1-2H3,(H2,19,23). The summed E-state index contributed by atoms with van der Waals surface area (Å²) in [5.41, 5.74) is 9.08. The van der Waals surface area contributed by atoms with Crippen molar-refractivity contribution in [2.45, 2.75) is 20.3 Å². The molecule has 116 valence electrons. The van der Waals surface area contributed by atoms with E-state index >= 15 is 0 Å². The minimum absolute atomic E-state index is 0.0571.